The lowest BCUT2D eigenvalue weighted by atomic mass is 9.85. The van der Waals surface area contributed by atoms with Gasteiger partial charge in [0, 0.05) is 17.8 Å². The van der Waals surface area contributed by atoms with Crippen molar-refractivity contribution in [3.8, 4) is 5.75 Å². The average Bonchev–Trinajstić information content (AvgIpc) is 3.19. The van der Waals surface area contributed by atoms with Crippen LogP contribution >= 0.6 is 0 Å². The highest BCUT2D eigenvalue weighted by Gasteiger charge is 2.56. The molecule has 10 heteroatoms. The third-order valence-electron chi connectivity index (χ3n) is 6.44. The van der Waals surface area contributed by atoms with Crippen LogP contribution in [0.25, 0.3) is 0 Å². The first kappa shape index (κ1) is 23.2. The molecule has 2 aliphatic heterocycles. The highest BCUT2D eigenvalue weighted by atomic mass is 32.2. The van der Waals surface area contributed by atoms with Crippen LogP contribution in [0.15, 0.2) is 45.9 Å². The van der Waals surface area contributed by atoms with E-state index in [1.165, 1.54) is 24.4 Å². The number of amides is 1. The van der Waals surface area contributed by atoms with Crippen molar-refractivity contribution in [2.45, 2.75) is 49.7 Å². The number of halogens is 1. The minimum Gasteiger partial charge on any atom is -0.492 e. The molecule has 1 aromatic heterocycles. The summed E-state index contributed by atoms with van der Waals surface area (Å²) in [4.78, 5) is 21.5. The van der Waals surface area contributed by atoms with Gasteiger partial charge in [-0.15, -0.1) is 0 Å². The van der Waals surface area contributed by atoms with Gasteiger partial charge in [0.15, 0.2) is 0 Å². The molecule has 0 saturated carbocycles. The fourth-order valence-corrected chi connectivity index (χ4v) is 7.62. The molecule has 0 fully saturated rings. The summed E-state index contributed by atoms with van der Waals surface area (Å²) in [5.74, 6) is -0.218. The van der Waals surface area contributed by atoms with E-state index in [1.807, 2.05) is 6.92 Å². The number of nitrogens with zero attached hydrogens (tertiary/aromatic N) is 3. The van der Waals surface area contributed by atoms with Crippen molar-refractivity contribution in [3.05, 3.63) is 53.6 Å². The Morgan fingerprint density at radius 3 is 2.73 bits per heavy atom. The van der Waals surface area contributed by atoms with Gasteiger partial charge in [0.25, 0.3) is 5.91 Å². The Hall–Kier alpha value is -3.01. The highest BCUT2D eigenvalue weighted by molar-refractivity contribution is 7.96. The predicted octanol–water partition coefficient (Wildman–Crippen LogP) is 3.48. The molecular weight excluding hydrogens is 445 g/mol. The van der Waals surface area contributed by atoms with Gasteiger partial charge >= 0.3 is 0 Å². The van der Waals surface area contributed by atoms with Crippen LogP contribution in [-0.2, 0) is 15.3 Å². The summed E-state index contributed by atoms with van der Waals surface area (Å²) >= 11 is 0. The van der Waals surface area contributed by atoms with Crippen LogP contribution in [0.1, 0.15) is 50.2 Å². The van der Waals surface area contributed by atoms with Crippen molar-refractivity contribution in [2.24, 2.45) is 15.1 Å². The maximum atomic E-state index is 15.1. The van der Waals surface area contributed by atoms with E-state index in [1.54, 1.807) is 32.9 Å². The maximum absolute atomic E-state index is 15.1. The monoisotopic (exact) mass is 473 g/mol. The molecule has 0 spiro atoms. The number of fused-ring (bicyclic) bond motifs is 1. The minimum absolute atomic E-state index is 0.185. The van der Waals surface area contributed by atoms with E-state index in [-0.39, 0.29) is 17.1 Å². The third kappa shape index (κ3) is 3.66. The van der Waals surface area contributed by atoms with Gasteiger partial charge in [-0.3, -0.25) is 9.79 Å². The van der Waals surface area contributed by atoms with Gasteiger partial charge < -0.3 is 15.8 Å². The number of nitrogens with two attached hydrogens (primary N) is 1. The number of pyridine rings is 1. The number of nitrogens with one attached hydrogen (secondary N) is 1. The minimum atomic E-state index is -2.79. The molecule has 1 amide bonds. The molecule has 3 heterocycles. The van der Waals surface area contributed by atoms with Crippen LogP contribution < -0.4 is 15.8 Å². The Kier molecular flexibility index (Phi) is 5.68. The van der Waals surface area contributed by atoms with Crippen LogP contribution in [-0.4, -0.2) is 44.1 Å². The zero-order valence-corrected chi connectivity index (χ0v) is 19.9. The quantitative estimate of drug-likeness (QED) is 0.689. The van der Waals surface area contributed by atoms with E-state index in [2.05, 4.69) is 19.7 Å². The third-order valence-corrected chi connectivity index (χ3v) is 10.1. The number of carbonyl (C=O) groups excluding carboxylic acids is 1. The lowest BCUT2D eigenvalue weighted by Crippen LogP contribution is -2.58. The molecule has 2 aromatic rings. The molecule has 176 valence electrons. The van der Waals surface area contributed by atoms with Crippen molar-refractivity contribution < 1.29 is 18.1 Å². The zero-order valence-electron chi connectivity index (χ0n) is 19.1. The van der Waals surface area contributed by atoms with Crippen molar-refractivity contribution in [3.63, 3.8) is 0 Å². The zero-order chi connectivity index (χ0) is 24.0. The molecule has 0 bridgehead atoms. The molecule has 2 aliphatic rings. The number of benzene rings is 1. The second-order valence-electron chi connectivity index (χ2n) is 8.81. The van der Waals surface area contributed by atoms with Crippen molar-refractivity contribution in [1.29, 1.82) is 0 Å². The van der Waals surface area contributed by atoms with E-state index < -0.39 is 37.0 Å². The van der Waals surface area contributed by atoms with Gasteiger partial charge in [-0.1, -0.05) is 0 Å². The number of aromatic nitrogens is 1. The largest absolute Gasteiger partial charge is 0.492 e. The van der Waals surface area contributed by atoms with Crippen LogP contribution in [0.3, 0.4) is 0 Å². The standard InChI is InChI=1S/C23H28FN5O3S/c1-5-32-15-7-9-18(26-13-15)20(30)28-14-6-8-17(24)16(12-14)23(4)19-10-11-27-33(19,31)22(2,3)21(25)29-23/h6-9,12-13,19H,5,10-11H2,1-4H3,(H2,25,29)(H,28,30)/t19-,23+,33+/m0/s1. The molecule has 33 heavy (non-hydrogen) atoms. The molecular formula is C23H28FN5O3S. The summed E-state index contributed by atoms with van der Waals surface area (Å²) in [6.07, 6.45) is 1.98. The Morgan fingerprint density at radius 2 is 2.06 bits per heavy atom. The molecule has 0 aliphatic carbocycles. The molecule has 0 saturated heterocycles. The molecule has 0 radical (unpaired) electrons. The Morgan fingerprint density at radius 1 is 1.30 bits per heavy atom. The smallest absolute Gasteiger partial charge is 0.274 e. The number of amidine groups is 1. The van der Waals surface area contributed by atoms with Crippen molar-refractivity contribution in [1.82, 2.24) is 4.98 Å². The van der Waals surface area contributed by atoms with Crippen LogP contribution in [0.5, 0.6) is 5.75 Å². The van der Waals surface area contributed by atoms with Gasteiger partial charge in [-0.05, 0) is 64.4 Å². The van der Waals surface area contributed by atoms with Crippen molar-refractivity contribution in [2.75, 3.05) is 18.5 Å². The van der Waals surface area contributed by atoms with Gasteiger partial charge in [0.05, 0.1) is 27.8 Å². The van der Waals surface area contributed by atoms with Gasteiger partial charge in [-0.25, -0.2) is 17.9 Å². The number of ether oxygens (including phenoxy) is 1. The van der Waals surface area contributed by atoms with Crippen LogP contribution in [0, 0.1) is 5.82 Å². The van der Waals surface area contributed by atoms with E-state index >= 15 is 4.39 Å². The summed E-state index contributed by atoms with van der Waals surface area (Å²) < 4.78 is 37.9. The number of rotatable bonds is 5. The van der Waals surface area contributed by atoms with E-state index in [4.69, 9.17) is 10.5 Å². The SMILES string of the molecule is CCOc1ccc(C(=O)Nc2ccc(F)c([C@@]3(C)N=C(N)C(C)(C)[S@@]4(=O)=NCC[C@@H]34)c2)nc1. The lowest BCUT2D eigenvalue weighted by Gasteiger charge is -2.44. The van der Waals surface area contributed by atoms with Crippen molar-refractivity contribution >= 4 is 27.2 Å². The molecule has 3 N–H and O–H groups in total. The van der Waals surface area contributed by atoms with E-state index in [0.29, 0.717) is 31.0 Å². The second-order valence-corrected chi connectivity index (χ2v) is 11.8. The fraction of sp³-hybridized carbons (Fsp3) is 0.435. The van der Waals surface area contributed by atoms with Gasteiger partial charge in [0.1, 0.15) is 33.4 Å². The lowest BCUT2D eigenvalue weighted by molar-refractivity contribution is 0.102. The fourth-order valence-electron chi connectivity index (χ4n) is 4.46. The topological polar surface area (TPSA) is 119 Å². The van der Waals surface area contributed by atoms with Gasteiger partial charge in [0.2, 0.25) is 0 Å². The summed E-state index contributed by atoms with van der Waals surface area (Å²) in [5, 5.41) is 2.25. The average molecular weight is 474 g/mol. The summed E-state index contributed by atoms with van der Waals surface area (Å²) in [6.45, 7) is 8.04. The molecule has 1 aromatic carbocycles. The first-order valence-electron chi connectivity index (χ1n) is 10.8. The summed E-state index contributed by atoms with van der Waals surface area (Å²) in [5.41, 5.74) is 5.84. The van der Waals surface area contributed by atoms with Gasteiger partial charge in [-0.2, -0.15) is 0 Å². The maximum Gasteiger partial charge on any atom is 0.274 e. The summed E-state index contributed by atoms with van der Waals surface area (Å²) in [7, 11) is -2.79. The summed E-state index contributed by atoms with van der Waals surface area (Å²) in [6, 6.07) is 7.46. The molecule has 3 atom stereocenters. The predicted molar refractivity (Wildman–Crippen MR) is 127 cm³/mol. The Labute approximate surface area is 193 Å². The number of hydrogen-bond acceptors (Lipinski definition) is 7. The Bertz CT molecular complexity index is 1250. The number of hydrogen-bond donors (Lipinski definition) is 2. The first-order chi connectivity index (χ1) is 15.5. The second kappa shape index (κ2) is 8.09. The van der Waals surface area contributed by atoms with E-state index in [0.717, 1.165) is 0 Å². The van der Waals surface area contributed by atoms with Crippen LogP contribution in [0.4, 0.5) is 10.1 Å². The molecule has 0 unspecified atom stereocenters. The highest BCUT2D eigenvalue weighted by Crippen LogP contribution is 2.48. The number of aliphatic imine (C=N–C) groups is 1. The number of anilines is 1. The number of carbonyl (C=O) groups is 1. The Balaban J connectivity index is 1.69. The first-order valence-corrected chi connectivity index (χ1v) is 12.4. The molecule has 4 rings (SSSR count). The van der Waals surface area contributed by atoms with Crippen LogP contribution in [0.2, 0.25) is 0 Å². The van der Waals surface area contributed by atoms with E-state index in [9.17, 15) is 9.00 Å². The normalized spacial score (nSPS) is 27.8. The molecule has 8 nitrogen and oxygen atoms in total.